The van der Waals surface area contributed by atoms with Crippen molar-refractivity contribution in [2.24, 2.45) is 0 Å². The number of aryl methyl sites for hydroxylation is 1. The fourth-order valence-corrected chi connectivity index (χ4v) is 2.99. The molecule has 1 heterocycles. The average Bonchev–Trinajstić information content (AvgIpc) is 3.30. The number of hydrogen-bond donors (Lipinski definition) is 2. The first-order chi connectivity index (χ1) is 11.4. The Morgan fingerprint density at radius 3 is 2.38 bits per heavy atom. The van der Waals surface area contributed by atoms with Gasteiger partial charge in [-0.25, -0.2) is 4.98 Å². The first-order valence-electron chi connectivity index (χ1n) is 8.95. The first-order valence-corrected chi connectivity index (χ1v) is 8.95. The smallest absolute Gasteiger partial charge is 0.225 e. The summed E-state index contributed by atoms with van der Waals surface area (Å²) in [6.07, 6.45) is 2.47. The van der Waals surface area contributed by atoms with Gasteiger partial charge in [0.2, 0.25) is 5.95 Å². The normalized spacial score (nSPS) is 14.3. The SMILES string of the molecule is Cc1cc(Nc2cc(C3CC3)nc(NC(C)C)n2)ccc1C(C)C. The van der Waals surface area contributed by atoms with E-state index in [-0.39, 0.29) is 0 Å². The Bertz CT molecular complexity index is 718. The van der Waals surface area contributed by atoms with Gasteiger partial charge < -0.3 is 10.6 Å². The van der Waals surface area contributed by atoms with Crippen molar-refractivity contribution < 1.29 is 0 Å². The van der Waals surface area contributed by atoms with Crippen molar-refractivity contribution >= 4 is 17.5 Å². The maximum absolute atomic E-state index is 4.67. The summed E-state index contributed by atoms with van der Waals surface area (Å²) in [5.41, 5.74) is 4.93. The van der Waals surface area contributed by atoms with Crippen molar-refractivity contribution in [2.75, 3.05) is 10.6 Å². The monoisotopic (exact) mass is 324 g/mol. The van der Waals surface area contributed by atoms with Crippen LogP contribution in [0.25, 0.3) is 0 Å². The van der Waals surface area contributed by atoms with Gasteiger partial charge in [-0.05, 0) is 62.8 Å². The van der Waals surface area contributed by atoms with Gasteiger partial charge >= 0.3 is 0 Å². The van der Waals surface area contributed by atoms with Gasteiger partial charge in [0, 0.05) is 23.7 Å². The lowest BCUT2D eigenvalue weighted by molar-refractivity contribution is 0.856. The number of rotatable bonds is 6. The van der Waals surface area contributed by atoms with Crippen molar-refractivity contribution in [1.29, 1.82) is 0 Å². The van der Waals surface area contributed by atoms with Crippen LogP contribution in [0.3, 0.4) is 0 Å². The standard InChI is InChI=1S/C20H28N4/c1-12(2)17-9-8-16(10-14(17)5)22-19-11-18(15-6-7-15)23-20(24-19)21-13(3)4/h8-13,15H,6-7H2,1-5H3,(H2,21,22,23,24). The summed E-state index contributed by atoms with van der Waals surface area (Å²) in [4.78, 5) is 9.30. The second kappa shape index (κ2) is 6.80. The lowest BCUT2D eigenvalue weighted by Crippen LogP contribution is -2.14. The zero-order valence-corrected chi connectivity index (χ0v) is 15.4. The molecule has 1 saturated carbocycles. The highest BCUT2D eigenvalue weighted by Crippen LogP contribution is 2.40. The predicted octanol–water partition coefficient (Wildman–Crippen LogP) is 5.35. The van der Waals surface area contributed by atoms with Gasteiger partial charge in [-0.3, -0.25) is 0 Å². The highest BCUT2D eigenvalue weighted by Gasteiger charge is 2.26. The van der Waals surface area contributed by atoms with E-state index in [4.69, 9.17) is 0 Å². The van der Waals surface area contributed by atoms with E-state index in [9.17, 15) is 0 Å². The van der Waals surface area contributed by atoms with Crippen molar-refractivity contribution in [3.8, 4) is 0 Å². The highest BCUT2D eigenvalue weighted by molar-refractivity contribution is 5.60. The molecular weight excluding hydrogens is 296 g/mol. The molecule has 1 aliphatic carbocycles. The van der Waals surface area contributed by atoms with Gasteiger partial charge in [0.25, 0.3) is 0 Å². The van der Waals surface area contributed by atoms with E-state index < -0.39 is 0 Å². The number of anilines is 3. The number of nitrogens with zero attached hydrogens (tertiary/aromatic N) is 2. The molecular formula is C20H28N4. The van der Waals surface area contributed by atoms with Gasteiger partial charge in [0.1, 0.15) is 5.82 Å². The molecule has 0 atom stereocenters. The Labute approximate surface area is 145 Å². The van der Waals surface area contributed by atoms with E-state index in [2.05, 4.69) is 79.5 Å². The van der Waals surface area contributed by atoms with Crippen LogP contribution in [-0.2, 0) is 0 Å². The van der Waals surface area contributed by atoms with E-state index in [1.54, 1.807) is 0 Å². The average molecular weight is 324 g/mol. The van der Waals surface area contributed by atoms with E-state index in [1.165, 1.54) is 24.0 Å². The summed E-state index contributed by atoms with van der Waals surface area (Å²) in [7, 11) is 0. The van der Waals surface area contributed by atoms with E-state index >= 15 is 0 Å². The van der Waals surface area contributed by atoms with Crippen LogP contribution in [0.2, 0.25) is 0 Å². The molecule has 3 rings (SSSR count). The van der Waals surface area contributed by atoms with Crippen molar-refractivity contribution in [3.63, 3.8) is 0 Å². The maximum Gasteiger partial charge on any atom is 0.225 e. The molecule has 4 nitrogen and oxygen atoms in total. The maximum atomic E-state index is 4.67. The van der Waals surface area contributed by atoms with E-state index in [0.29, 0.717) is 23.8 Å². The molecule has 0 spiro atoms. The summed E-state index contributed by atoms with van der Waals surface area (Å²) >= 11 is 0. The summed E-state index contributed by atoms with van der Waals surface area (Å²) in [5.74, 6) is 2.73. The molecule has 2 aromatic rings. The molecule has 24 heavy (non-hydrogen) atoms. The second-order valence-corrected chi connectivity index (χ2v) is 7.43. The topological polar surface area (TPSA) is 49.8 Å². The number of benzene rings is 1. The molecule has 0 bridgehead atoms. The number of nitrogens with one attached hydrogen (secondary N) is 2. The summed E-state index contributed by atoms with van der Waals surface area (Å²) in [5, 5.41) is 6.78. The molecule has 0 amide bonds. The lowest BCUT2D eigenvalue weighted by Gasteiger charge is -2.15. The Hall–Kier alpha value is -2.10. The molecule has 0 aliphatic heterocycles. The summed E-state index contributed by atoms with van der Waals surface area (Å²) in [6.45, 7) is 10.8. The fourth-order valence-electron chi connectivity index (χ4n) is 2.99. The predicted molar refractivity (Wildman–Crippen MR) is 101 cm³/mol. The zero-order chi connectivity index (χ0) is 17.3. The van der Waals surface area contributed by atoms with Crippen LogP contribution in [-0.4, -0.2) is 16.0 Å². The molecule has 2 N–H and O–H groups in total. The third-order valence-electron chi connectivity index (χ3n) is 4.32. The molecule has 128 valence electrons. The Kier molecular flexibility index (Phi) is 4.74. The zero-order valence-electron chi connectivity index (χ0n) is 15.4. The molecule has 0 unspecified atom stereocenters. The minimum absolute atomic E-state index is 0.319. The second-order valence-electron chi connectivity index (χ2n) is 7.43. The molecule has 1 aromatic heterocycles. The van der Waals surface area contributed by atoms with Gasteiger partial charge in [-0.1, -0.05) is 19.9 Å². The van der Waals surface area contributed by atoms with Gasteiger partial charge in [-0.2, -0.15) is 4.98 Å². The molecule has 0 radical (unpaired) electrons. The van der Waals surface area contributed by atoms with Crippen molar-refractivity contribution in [2.45, 2.75) is 65.3 Å². The van der Waals surface area contributed by atoms with E-state index in [0.717, 1.165) is 17.2 Å². The van der Waals surface area contributed by atoms with Crippen LogP contribution in [0.15, 0.2) is 24.3 Å². The number of aromatic nitrogens is 2. The van der Waals surface area contributed by atoms with Gasteiger partial charge in [0.05, 0.1) is 5.69 Å². The molecule has 0 saturated heterocycles. The fraction of sp³-hybridized carbons (Fsp3) is 0.500. The third-order valence-corrected chi connectivity index (χ3v) is 4.32. The Morgan fingerprint density at radius 1 is 1.04 bits per heavy atom. The van der Waals surface area contributed by atoms with Gasteiger partial charge in [-0.15, -0.1) is 0 Å². The molecule has 4 heteroatoms. The van der Waals surface area contributed by atoms with Crippen LogP contribution in [0, 0.1) is 6.92 Å². The Balaban J connectivity index is 1.86. The van der Waals surface area contributed by atoms with Crippen LogP contribution in [0.4, 0.5) is 17.5 Å². The van der Waals surface area contributed by atoms with Crippen LogP contribution in [0.5, 0.6) is 0 Å². The summed E-state index contributed by atoms with van der Waals surface area (Å²) in [6, 6.07) is 8.95. The number of hydrogen-bond acceptors (Lipinski definition) is 4. The highest BCUT2D eigenvalue weighted by atomic mass is 15.2. The molecule has 1 aromatic carbocycles. The summed E-state index contributed by atoms with van der Waals surface area (Å²) < 4.78 is 0. The van der Waals surface area contributed by atoms with Crippen molar-refractivity contribution in [1.82, 2.24) is 9.97 Å². The Morgan fingerprint density at radius 2 is 1.79 bits per heavy atom. The quantitative estimate of drug-likeness (QED) is 0.752. The first kappa shape index (κ1) is 16.7. The van der Waals surface area contributed by atoms with Crippen LogP contribution >= 0.6 is 0 Å². The van der Waals surface area contributed by atoms with E-state index in [1.807, 2.05) is 0 Å². The lowest BCUT2D eigenvalue weighted by atomic mass is 9.98. The van der Waals surface area contributed by atoms with Crippen LogP contribution in [0.1, 0.15) is 69.2 Å². The van der Waals surface area contributed by atoms with Crippen molar-refractivity contribution in [3.05, 3.63) is 41.1 Å². The minimum Gasteiger partial charge on any atom is -0.352 e. The third kappa shape index (κ3) is 4.05. The molecule has 1 aliphatic rings. The van der Waals surface area contributed by atoms with Crippen LogP contribution < -0.4 is 10.6 Å². The molecule has 1 fully saturated rings. The van der Waals surface area contributed by atoms with Gasteiger partial charge in [0.15, 0.2) is 0 Å². The largest absolute Gasteiger partial charge is 0.352 e. The minimum atomic E-state index is 0.319.